The first kappa shape index (κ1) is 11.8. The molecule has 3 N–H and O–H groups in total. The van der Waals surface area contributed by atoms with Gasteiger partial charge in [0.25, 0.3) is 5.91 Å². The van der Waals surface area contributed by atoms with Crippen LogP contribution in [0, 0.1) is 0 Å². The van der Waals surface area contributed by atoms with Gasteiger partial charge in [0.15, 0.2) is 0 Å². The molecule has 0 bridgehead atoms. The van der Waals surface area contributed by atoms with E-state index in [1.54, 1.807) is 0 Å². The van der Waals surface area contributed by atoms with Crippen molar-refractivity contribution < 1.29 is 9.59 Å². The lowest BCUT2D eigenvalue weighted by Gasteiger charge is -2.35. The van der Waals surface area contributed by atoms with Crippen molar-refractivity contribution >= 4 is 11.7 Å². The summed E-state index contributed by atoms with van der Waals surface area (Å²) in [6.45, 7) is 1.46. The zero-order valence-electron chi connectivity index (χ0n) is 9.61. The molecule has 0 radical (unpaired) electrons. The number of primary amides is 1. The summed E-state index contributed by atoms with van der Waals surface area (Å²) < 4.78 is 0. The van der Waals surface area contributed by atoms with Crippen molar-refractivity contribution in [2.24, 2.45) is 5.73 Å². The summed E-state index contributed by atoms with van der Waals surface area (Å²) in [5.41, 5.74) is 5.35. The maximum Gasteiger partial charge on any atom is 0.285 e. The lowest BCUT2D eigenvalue weighted by atomic mass is 9.70. The highest BCUT2D eigenvalue weighted by atomic mass is 16.2. The van der Waals surface area contributed by atoms with Gasteiger partial charge in [-0.15, -0.1) is 0 Å². The highest BCUT2D eigenvalue weighted by Crippen LogP contribution is 2.34. The van der Waals surface area contributed by atoms with E-state index in [1.807, 2.05) is 30.3 Å². The van der Waals surface area contributed by atoms with Crippen LogP contribution < -0.4 is 11.1 Å². The minimum atomic E-state index is -0.837. The molecule has 0 unspecified atom stereocenters. The van der Waals surface area contributed by atoms with Crippen molar-refractivity contribution in [1.82, 2.24) is 5.32 Å². The maximum absolute atomic E-state index is 12.1. The van der Waals surface area contributed by atoms with Crippen molar-refractivity contribution in [3.63, 3.8) is 0 Å². The minimum Gasteiger partial charge on any atom is -0.363 e. The molecule has 90 valence electrons. The van der Waals surface area contributed by atoms with Crippen LogP contribution in [0.2, 0.25) is 0 Å². The Balaban J connectivity index is 2.43. The van der Waals surface area contributed by atoms with Crippen LogP contribution in [0.5, 0.6) is 0 Å². The molecule has 4 heteroatoms. The SMILES string of the molecule is NC(=O)C(=O)C1(c2ccccc2)CCNCC1. The van der Waals surface area contributed by atoms with Gasteiger partial charge in [-0.25, -0.2) is 0 Å². The second kappa shape index (κ2) is 4.67. The van der Waals surface area contributed by atoms with Gasteiger partial charge in [-0.2, -0.15) is 0 Å². The standard InChI is InChI=1S/C13H16N2O2/c14-12(17)11(16)13(6-8-15-9-7-13)10-4-2-1-3-5-10/h1-5,15H,6-9H2,(H2,14,17). The summed E-state index contributed by atoms with van der Waals surface area (Å²) in [4.78, 5) is 23.3. The fourth-order valence-electron chi connectivity index (χ4n) is 2.49. The average molecular weight is 232 g/mol. The van der Waals surface area contributed by atoms with Crippen LogP contribution in [0.15, 0.2) is 30.3 Å². The summed E-state index contributed by atoms with van der Waals surface area (Å²) in [7, 11) is 0. The van der Waals surface area contributed by atoms with E-state index in [4.69, 9.17) is 5.73 Å². The second-order valence-corrected chi connectivity index (χ2v) is 4.39. The van der Waals surface area contributed by atoms with Gasteiger partial charge in [0.05, 0.1) is 5.41 Å². The van der Waals surface area contributed by atoms with Crippen LogP contribution in [-0.4, -0.2) is 24.8 Å². The van der Waals surface area contributed by atoms with Crippen LogP contribution >= 0.6 is 0 Å². The Hall–Kier alpha value is -1.68. The maximum atomic E-state index is 12.1. The number of hydrogen-bond donors (Lipinski definition) is 2. The number of carbonyl (C=O) groups is 2. The molecule has 17 heavy (non-hydrogen) atoms. The van der Waals surface area contributed by atoms with E-state index >= 15 is 0 Å². The Kier molecular flexibility index (Phi) is 3.24. The van der Waals surface area contributed by atoms with Crippen LogP contribution in [0.1, 0.15) is 18.4 Å². The fraction of sp³-hybridized carbons (Fsp3) is 0.385. The first-order chi connectivity index (χ1) is 8.17. The Morgan fingerprint density at radius 1 is 1.12 bits per heavy atom. The van der Waals surface area contributed by atoms with Crippen molar-refractivity contribution in [2.45, 2.75) is 18.3 Å². The topological polar surface area (TPSA) is 72.2 Å². The van der Waals surface area contributed by atoms with Crippen molar-refractivity contribution in [3.05, 3.63) is 35.9 Å². The van der Waals surface area contributed by atoms with Gasteiger partial charge in [0.1, 0.15) is 0 Å². The predicted molar refractivity (Wildman–Crippen MR) is 64.4 cm³/mol. The van der Waals surface area contributed by atoms with Gasteiger partial charge in [-0.05, 0) is 31.5 Å². The Bertz CT molecular complexity index is 422. The van der Waals surface area contributed by atoms with Gasteiger partial charge >= 0.3 is 0 Å². The largest absolute Gasteiger partial charge is 0.363 e. The van der Waals surface area contributed by atoms with E-state index < -0.39 is 17.1 Å². The molecule has 0 spiro atoms. The highest BCUT2D eigenvalue weighted by Gasteiger charge is 2.43. The number of carbonyl (C=O) groups excluding carboxylic acids is 2. The molecule has 1 amide bonds. The number of piperidine rings is 1. The Morgan fingerprint density at radius 3 is 2.24 bits per heavy atom. The van der Waals surface area contributed by atoms with Crippen LogP contribution in [0.3, 0.4) is 0 Å². The van der Waals surface area contributed by atoms with Crippen molar-refractivity contribution in [3.8, 4) is 0 Å². The average Bonchev–Trinajstić information content (AvgIpc) is 2.39. The quantitative estimate of drug-likeness (QED) is 0.739. The predicted octanol–water partition coefficient (Wildman–Crippen LogP) is 0.362. The molecular formula is C13H16N2O2. The molecule has 1 aromatic rings. The van der Waals surface area contributed by atoms with E-state index in [-0.39, 0.29) is 0 Å². The molecule has 0 aromatic heterocycles. The number of nitrogens with one attached hydrogen (secondary N) is 1. The number of Topliss-reactive ketones (excluding diaryl/α,β-unsaturated/α-hetero) is 1. The van der Waals surface area contributed by atoms with E-state index in [9.17, 15) is 9.59 Å². The summed E-state index contributed by atoms with van der Waals surface area (Å²) >= 11 is 0. The van der Waals surface area contributed by atoms with Gasteiger partial charge in [0, 0.05) is 0 Å². The lowest BCUT2D eigenvalue weighted by Crippen LogP contribution is -2.50. The van der Waals surface area contributed by atoms with E-state index in [0.29, 0.717) is 12.8 Å². The number of rotatable bonds is 3. The molecular weight excluding hydrogens is 216 g/mol. The number of benzene rings is 1. The number of amides is 1. The van der Waals surface area contributed by atoms with Crippen molar-refractivity contribution in [1.29, 1.82) is 0 Å². The first-order valence-corrected chi connectivity index (χ1v) is 5.77. The van der Waals surface area contributed by atoms with E-state index in [0.717, 1.165) is 18.7 Å². The third-order valence-electron chi connectivity index (χ3n) is 3.44. The zero-order chi connectivity index (χ0) is 12.3. The van der Waals surface area contributed by atoms with E-state index in [1.165, 1.54) is 0 Å². The minimum absolute atomic E-state index is 0.467. The molecule has 0 aliphatic carbocycles. The molecule has 1 aliphatic rings. The normalized spacial score (nSPS) is 18.6. The van der Waals surface area contributed by atoms with Gasteiger partial charge < -0.3 is 11.1 Å². The third kappa shape index (κ3) is 2.08. The molecule has 1 fully saturated rings. The van der Waals surface area contributed by atoms with Crippen LogP contribution in [0.25, 0.3) is 0 Å². The second-order valence-electron chi connectivity index (χ2n) is 4.39. The Labute approximate surface area is 100 Å². The smallest absolute Gasteiger partial charge is 0.285 e. The van der Waals surface area contributed by atoms with Gasteiger partial charge in [-0.1, -0.05) is 30.3 Å². The molecule has 0 atom stereocenters. The van der Waals surface area contributed by atoms with Crippen LogP contribution in [0.4, 0.5) is 0 Å². The summed E-state index contributed by atoms with van der Waals surface area (Å²) in [5.74, 6) is -1.30. The van der Waals surface area contributed by atoms with Crippen molar-refractivity contribution in [2.75, 3.05) is 13.1 Å². The number of ketones is 1. The third-order valence-corrected chi connectivity index (χ3v) is 3.44. The summed E-state index contributed by atoms with van der Waals surface area (Å²) in [5, 5.41) is 3.20. The summed E-state index contributed by atoms with van der Waals surface area (Å²) in [6.07, 6.45) is 1.25. The van der Waals surface area contributed by atoms with Gasteiger partial charge in [-0.3, -0.25) is 9.59 Å². The highest BCUT2D eigenvalue weighted by molar-refractivity contribution is 6.39. The zero-order valence-corrected chi connectivity index (χ0v) is 9.61. The molecule has 1 aliphatic heterocycles. The first-order valence-electron chi connectivity index (χ1n) is 5.77. The van der Waals surface area contributed by atoms with Crippen LogP contribution in [-0.2, 0) is 15.0 Å². The number of nitrogens with two attached hydrogens (primary N) is 1. The molecule has 0 saturated carbocycles. The fourth-order valence-corrected chi connectivity index (χ4v) is 2.49. The summed E-state index contributed by atoms with van der Waals surface area (Å²) in [6, 6.07) is 9.45. The van der Waals surface area contributed by atoms with E-state index in [2.05, 4.69) is 5.32 Å². The Morgan fingerprint density at radius 2 is 1.71 bits per heavy atom. The number of hydrogen-bond acceptors (Lipinski definition) is 3. The monoisotopic (exact) mass is 232 g/mol. The molecule has 2 rings (SSSR count). The molecule has 1 heterocycles. The molecule has 1 aromatic carbocycles. The molecule has 1 saturated heterocycles. The van der Waals surface area contributed by atoms with Gasteiger partial charge in [0.2, 0.25) is 5.78 Å². The molecule has 4 nitrogen and oxygen atoms in total. The lowest BCUT2D eigenvalue weighted by molar-refractivity contribution is -0.140.